The van der Waals surface area contributed by atoms with E-state index in [-0.39, 0.29) is 5.78 Å². The summed E-state index contributed by atoms with van der Waals surface area (Å²) in [4.78, 5) is 16.1. The standard InChI is InChI=1S/C14H14N2O2/c1-18-12-7-11(8-16-9-12)14(17)13(15)10-5-3-2-4-6-10/h2-9,13H,15H2,1H3. The smallest absolute Gasteiger partial charge is 0.185 e. The quantitative estimate of drug-likeness (QED) is 0.832. The van der Waals surface area contributed by atoms with Gasteiger partial charge < -0.3 is 10.5 Å². The summed E-state index contributed by atoms with van der Waals surface area (Å²) in [5.74, 6) is 0.369. The zero-order valence-corrected chi connectivity index (χ0v) is 10.0. The Labute approximate surface area is 105 Å². The molecule has 2 N–H and O–H groups in total. The zero-order chi connectivity index (χ0) is 13.0. The summed E-state index contributed by atoms with van der Waals surface area (Å²) in [6.45, 7) is 0. The van der Waals surface area contributed by atoms with Gasteiger partial charge in [-0.25, -0.2) is 0 Å². The molecule has 1 heterocycles. The van der Waals surface area contributed by atoms with Crippen LogP contribution in [0.4, 0.5) is 0 Å². The number of carbonyl (C=O) groups is 1. The number of nitrogens with two attached hydrogens (primary N) is 1. The highest BCUT2D eigenvalue weighted by molar-refractivity contribution is 6.00. The lowest BCUT2D eigenvalue weighted by Crippen LogP contribution is -2.21. The minimum absolute atomic E-state index is 0.174. The van der Waals surface area contributed by atoms with Crippen LogP contribution in [-0.4, -0.2) is 17.9 Å². The second kappa shape index (κ2) is 5.42. The first-order valence-corrected chi connectivity index (χ1v) is 5.56. The lowest BCUT2D eigenvalue weighted by molar-refractivity contribution is 0.0960. The molecule has 0 aliphatic heterocycles. The van der Waals surface area contributed by atoms with Crippen molar-refractivity contribution in [2.75, 3.05) is 7.11 Å². The number of hydrogen-bond acceptors (Lipinski definition) is 4. The molecule has 0 saturated carbocycles. The third-order valence-electron chi connectivity index (χ3n) is 2.67. The normalized spacial score (nSPS) is 11.9. The van der Waals surface area contributed by atoms with Crippen molar-refractivity contribution in [1.82, 2.24) is 4.98 Å². The third kappa shape index (κ3) is 2.55. The van der Waals surface area contributed by atoms with Crippen molar-refractivity contribution in [2.24, 2.45) is 5.73 Å². The molecule has 0 saturated heterocycles. The van der Waals surface area contributed by atoms with E-state index in [4.69, 9.17) is 10.5 Å². The molecular weight excluding hydrogens is 228 g/mol. The van der Waals surface area contributed by atoms with Crippen molar-refractivity contribution in [3.05, 3.63) is 59.9 Å². The van der Waals surface area contributed by atoms with Crippen LogP contribution in [0, 0.1) is 0 Å². The maximum atomic E-state index is 12.2. The first kappa shape index (κ1) is 12.3. The molecule has 0 fully saturated rings. The SMILES string of the molecule is COc1cncc(C(=O)C(N)c2ccccc2)c1. The molecule has 0 radical (unpaired) electrons. The van der Waals surface area contributed by atoms with E-state index in [0.717, 1.165) is 5.56 Å². The number of rotatable bonds is 4. The van der Waals surface area contributed by atoms with Gasteiger partial charge in [-0.2, -0.15) is 0 Å². The summed E-state index contributed by atoms with van der Waals surface area (Å²) in [6.07, 6.45) is 3.04. The van der Waals surface area contributed by atoms with Gasteiger partial charge in [-0.05, 0) is 11.6 Å². The fourth-order valence-electron chi connectivity index (χ4n) is 1.66. The Bertz CT molecular complexity index is 541. The van der Waals surface area contributed by atoms with Gasteiger partial charge in [0, 0.05) is 11.8 Å². The molecule has 1 unspecified atom stereocenters. The highest BCUT2D eigenvalue weighted by atomic mass is 16.5. The molecule has 0 amide bonds. The van der Waals surface area contributed by atoms with Crippen molar-refractivity contribution in [1.29, 1.82) is 0 Å². The van der Waals surface area contributed by atoms with E-state index in [9.17, 15) is 4.79 Å². The topological polar surface area (TPSA) is 65.2 Å². The molecular formula is C14H14N2O2. The van der Waals surface area contributed by atoms with Gasteiger partial charge in [0.1, 0.15) is 5.75 Å². The predicted molar refractivity (Wildman–Crippen MR) is 68.5 cm³/mol. The van der Waals surface area contributed by atoms with Gasteiger partial charge in [-0.1, -0.05) is 30.3 Å². The molecule has 0 spiro atoms. The number of nitrogens with zero attached hydrogens (tertiary/aromatic N) is 1. The Balaban J connectivity index is 2.25. The number of aromatic nitrogens is 1. The lowest BCUT2D eigenvalue weighted by atomic mass is 9.99. The van der Waals surface area contributed by atoms with Crippen LogP contribution < -0.4 is 10.5 Å². The van der Waals surface area contributed by atoms with Gasteiger partial charge >= 0.3 is 0 Å². The molecule has 2 rings (SSSR count). The van der Waals surface area contributed by atoms with Gasteiger partial charge in [-0.3, -0.25) is 9.78 Å². The highest BCUT2D eigenvalue weighted by Gasteiger charge is 2.18. The van der Waals surface area contributed by atoms with Crippen molar-refractivity contribution in [2.45, 2.75) is 6.04 Å². The summed E-state index contributed by atoms with van der Waals surface area (Å²) in [7, 11) is 1.53. The molecule has 18 heavy (non-hydrogen) atoms. The fourth-order valence-corrected chi connectivity index (χ4v) is 1.66. The molecule has 2 aromatic rings. The van der Waals surface area contributed by atoms with Crippen molar-refractivity contribution in [3.63, 3.8) is 0 Å². The summed E-state index contributed by atoms with van der Waals surface area (Å²) in [6, 6.07) is 10.2. The summed E-state index contributed by atoms with van der Waals surface area (Å²) >= 11 is 0. The Hall–Kier alpha value is -2.20. The number of ether oxygens (including phenoxy) is 1. The van der Waals surface area contributed by atoms with Crippen LogP contribution in [0.3, 0.4) is 0 Å². The van der Waals surface area contributed by atoms with Crippen LogP contribution in [0.2, 0.25) is 0 Å². The number of pyridine rings is 1. The summed E-state index contributed by atoms with van der Waals surface area (Å²) in [5, 5.41) is 0. The van der Waals surface area contributed by atoms with Gasteiger partial charge in [0.05, 0.1) is 19.3 Å². The van der Waals surface area contributed by atoms with E-state index >= 15 is 0 Å². The Morgan fingerprint density at radius 1 is 1.28 bits per heavy atom. The fraction of sp³-hybridized carbons (Fsp3) is 0.143. The number of Topliss-reactive ketones (excluding diaryl/α,β-unsaturated/α-hetero) is 1. The monoisotopic (exact) mass is 242 g/mol. The zero-order valence-electron chi connectivity index (χ0n) is 10.0. The number of hydrogen-bond donors (Lipinski definition) is 1. The molecule has 4 heteroatoms. The lowest BCUT2D eigenvalue weighted by Gasteiger charge is -2.11. The van der Waals surface area contributed by atoms with E-state index in [0.29, 0.717) is 11.3 Å². The van der Waals surface area contributed by atoms with Gasteiger partial charge in [-0.15, -0.1) is 0 Å². The maximum Gasteiger partial charge on any atom is 0.185 e. The highest BCUT2D eigenvalue weighted by Crippen LogP contribution is 2.18. The Kier molecular flexibility index (Phi) is 3.69. The second-order valence-corrected chi connectivity index (χ2v) is 3.87. The summed E-state index contributed by atoms with van der Waals surface area (Å²) in [5.41, 5.74) is 7.18. The second-order valence-electron chi connectivity index (χ2n) is 3.87. The van der Waals surface area contributed by atoms with Gasteiger partial charge in [0.2, 0.25) is 0 Å². The third-order valence-corrected chi connectivity index (χ3v) is 2.67. The molecule has 1 aromatic carbocycles. The van der Waals surface area contributed by atoms with Crippen molar-refractivity contribution in [3.8, 4) is 5.75 Å². The number of methoxy groups -OCH3 is 1. The average Bonchev–Trinajstić information content (AvgIpc) is 2.46. The molecule has 0 bridgehead atoms. The largest absolute Gasteiger partial charge is 0.495 e. The molecule has 0 aliphatic carbocycles. The van der Waals surface area contributed by atoms with Crippen LogP contribution >= 0.6 is 0 Å². The first-order chi connectivity index (χ1) is 8.72. The van der Waals surface area contributed by atoms with Gasteiger partial charge in [0.15, 0.2) is 5.78 Å². The van der Waals surface area contributed by atoms with Crippen LogP contribution in [-0.2, 0) is 0 Å². The summed E-state index contributed by atoms with van der Waals surface area (Å²) < 4.78 is 5.03. The number of carbonyl (C=O) groups excluding carboxylic acids is 1. The van der Waals surface area contributed by atoms with Crippen LogP contribution in [0.5, 0.6) is 5.75 Å². The minimum Gasteiger partial charge on any atom is -0.495 e. The molecule has 1 aromatic heterocycles. The number of ketones is 1. The Morgan fingerprint density at radius 3 is 2.67 bits per heavy atom. The predicted octanol–water partition coefficient (Wildman–Crippen LogP) is 1.97. The average molecular weight is 242 g/mol. The van der Waals surface area contributed by atoms with Crippen LogP contribution in [0.15, 0.2) is 48.8 Å². The first-order valence-electron chi connectivity index (χ1n) is 5.56. The Morgan fingerprint density at radius 2 is 2.00 bits per heavy atom. The van der Waals surface area contributed by atoms with Crippen molar-refractivity contribution < 1.29 is 9.53 Å². The molecule has 92 valence electrons. The number of benzene rings is 1. The minimum atomic E-state index is -0.680. The maximum absolute atomic E-state index is 12.2. The van der Waals surface area contributed by atoms with E-state index in [1.54, 1.807) is 12.3 Å². The van der Waals surface area contributed by atoms with Gasteiger partial charge in [0.25, 0.3) is 0 Å². The van der Waals surface area contributed by atoms with E-state index in [2.05, 4.69) is 4.98 Å². The molecule has 1 atom stereocenters. The van der Waals surface area contributed by atoms with Crippen LogP contribution in [0.1, 0.15) is 22.0 Å². The van der Waals surface area contributed by atoms with E-state index in [1.807, 2.05) is 30.3 Å². The van der Waals surface area contributed by atoms with Crippen molar-refractivity contribution >= 4 is 5.78 Å². The molecule has 0 aliphatic rings. The van der Waals surface area contributed by atoms with E-state index < -0.39 is 6.04 Å². The molecule has 4 nitrogen and oxygen atoms in total. The van der Waals surface area contributed by atoms with E-state index in [1.165, 1.54) is 13.3 Å². The van der Waals surface area contributed by atoms with Crippen LogP contribution in [0.25, 0.3) is 0 Å².